The van der Waals surface area contributed by atoms with Crippen LogP contribution < -0.4 is 0 Å². The second-order valence-electron chi connectivity index (χ2n) is 5.65. The van der Waals surface area contributed by atoms with E-state index in [1.54, 1.807) is 7.11 Å². The zero-order valence-electron chi connectivity index (χ0n) is 13.0. The van der Waals surface area contributed by atoms with E-state index in [-0.39, 0.29) is 0 Å². The van der Waals surface area contributed by atoms with Crippen molar-refractivity contribution in [3.63, 3.8) is 0 Å². The molecular formula is C13H29N2O4S+. The van der Waals surface area contributed by atoms with E-state index in [0.717, 1.165) is 20.0 Å². The van der Waals surface area contributed by atoms with Gasteiger partial charge in [0.05, 0.1) is 39.5 Å². The maximum Gasteiger partial charge on any atom is 0.264 e. The highest BCUT2D eigenvalue weighted by Gasteiger charge is 2.37. The smallest absolute Gasteiger partial charge is 0.264 e. The van der Waals surface area contributed by atoms with Gasteiger partial charge in [0.1, 0.15) is 0 Å². The molecule has 7 heteroatoms. The normalized spacial score (nSPS) is 28.9. The number of ether oxygens (including phenoxy) is 1. The summed E-state index contributed by atoms with van der Waals surface area (Å²) in [4.78, 5) is 2.61. The average molecular weight is 309 g/mol. The first-order valence-corrected chi connectivity index (χ1v) is 9.04. The van der Waals surface area contributed by atoms with E-state index in [0.29, 0.717) is 0 Å². The van der Waals surface area contributed by atoms with Gasteiger partial charge in [-0.3, -0.25) is 9.08 Å². The molecule has 3 rings (SSSR count). The molecule has 3 fully saturated rings. The maximum atomic E-state index is 9.78. The Balaban J connectivity index is 0.000000286. The molecule has 0 atom stereocenters. The Kier molecular flexibility index (Phi) is 7.39. The van der Waals surface area contributed by atoms with Crippen molar-refractivity contribution in [1.82, 2.24) is 4.90 Å². The highest BCUT2D eigenvalue weighted by Crippen LogP contribution is 2.20. The number of quaternary nitrogens is 1. The van der Waals surface area contributed by atoms with E-state index >= 15 is 0 Å². The molecule has 0 saturated carbocycles. The van der Waals surface area contributed by atoms with Crippen molar-refractivity contribution in [2.24, 2.45) is 0 Å². The minimum absolute atomic E-state index is 0.937. The van der Waals surface area contributed by atoms with Crippen LogP contribution in [0.15, 0.2) is 0 Å². The average Bonchev–Trinajstić information content (AvgIpc) is 2.46. The minimum atomic E-state index is -3.16. The van der Waals surface area contributed by atoms with Gasteiger partial charge in [-0.15, -0.1) is 0 Å². The number of hydrogen-bond donors (Lipinski definition) is 0. The van der Waals surface area contributed by atoms with Gasteiger partial charge < -0.3 is 9.22 Å². The Morgan fingerprint density at radius 1 is 1.05 bits per heavy atom. The third-order valence-electron chi connectivity index (χ3n) is 4.21. The lowest BCUT2D eigenvalue weighted by Gasteiger charge is -2.50. The van der Waals surface area contributed by atoms with Gasteiger partial charge >= 0.3 is 0 Å². The first-order valence-electron chi connectivity index (χ1n) is 7.23. The molecule has 0 aliphatic carbocycles. The van der Waals surface area contributed by atoms with Gasteiger partial charge in [0.25, 0.3) is 10.1 Å². The van der Waals surface area contributed by atoms with Gasteiger partial charge in [0, 0.05) is 33.4 Å². The number of unbranched alkanes of at least 4 members (excludes halogenated alkanes) is 1. The largest absolute Gasteiger partial charge is 0.385 e. The number of rotatable bonds is 6. The number of hydrogen-bond acceptors (Lipinski definition) is 5. The lowest BCUT2D eigenvalue weighted by atomic mass is 10.1. The van der Waals surface area contributed by atoms with Crippen LogP contribution in [0, 0.1) is 0 Å². The van der Waals surface area contributed by atoms with Crippen molar-refractivity contribution in [1.29, 1.82) is 0 Å². The summed E-state index contributed by atoms with van der Waals surface area (Å²) >= 11 is 0. The van der Waals surface area contributed by atoms with Gasteiger partial charge in [-0.25, -0.2) is 0 Å². The lowest BCUT2D eigenvalue weighted by molar-refractivity contribution is -0.941. The Morgan fingerprint density at radius 2 is 1.55 bits per heavy atom. The van der Waals surface area contributed by atoms with E-state index in [4.69, 9.17) is 4.74 Å². The molecule has 0 aromatic heterocycles. The van der Waals surface area contributed by atoms with Crippen molar-refractivity contribution >= 4 is 10.1 Å². The quantitative estimate of drug-likeness (QED) is 0.397. The summed E-state index contributed by atoms with van der Waals surface area (Å²) in [6, 6.07) is 0. The number of piperazine rings is 3. The summed E-state index contributed by atoms with van der Waals surface area (Å²) in [5.41, 5.74) is 0. The zero-order valence-corrected chi connectivity index (χ0v) is 13.8. The summed E-state index contributed by atoms with van der Waals surface area (Å²) in [5.74, 6) is 0. The van der Waals surface area contributed by atoms with Gasteiger partial charge in [-0.05, 0) is 12.8 Å². The summed E-state index contributed by atoms with van der Waals surface area (Å²) in [6.07, 6.45) is 3.57. The van der Waals surface area contributed by atoms with Crippen LogP contribution in [0.2, 0.25) is 0 Å². The molecule has 0 aromatic rings. The molecule has 2 bridgehead atoms. The molecule has 0 radical (unpaired) electrons. The maximum absolute atomic E-state index is 9.78. The van der Waals surface area contributed by atoms with E-state index in [1.165, 1.54) is 63.1 Å². The van der Waals surface area contributed by atoms with E-state index in [9.17, 15) is 8.42 Å². The van der Waals surface area contributed by atoms with E-state index in [2.05, 4.69) is 9.08 Å². The number of fused-ring (bicyclic) bond motifs is 3. The molecule has 3 aliphatic heterocycles. The minimum Gasteiger partial charge on any atom is -0.385 e. The highest BCUT2D eigenvalue weighted by atomic mass is 32.2. The third kappa shape index (κ3) is 6.49. The zero-order chi connectivity index (χ0) is 15.1. The molecule has 3 saturated heterocycles. The third-order valence-corrected chi connectivity index (χ3v) is 4.81. The topological polar surface area (TPSA) is 55.8 Å². The molecule has 120 valence electrons. The summed E-state index contributed by atoms with van der Waals surface area (Å²) in [6.45, 7) is 10.5. The van der Waals surface area contributed by atoms with Crippen LogP contribution in [-0.2, 0) is 19.0 Å². The predicted molar refractivity (Wildman–Crippen MR) is 79.1 cm³/mol. The molecule has 6 nitrogen and oxygen atoms in total. The summed E-state index contributed by atoms with van der Waals surface area (Å²) in [5, 5.41) is 0. The summed E-state index contributed by atoms with van der Waals surface area (Å²) in [7, 11) is -0.244. The van der Waals surface area contributed by atoms with Crippen molar-refractivity contribution in [3.05, 3.63) is 0 Å². The second kappa shape index (κ2) is 8.29. The SMILES string of the molecule is COCCCC[N+]12CCN(CC1)CC2.COS(C)(=O)=O. The standard InChI is InChI=1S/C11H23N2O.C2H6O3S/c1-14-11-3-2-7-13-8-4-12(5-9-13)6-10-13;1-5-6(2,3)4/h2-11H2,1H3;1-2H3/q+1;. The first kappa shape index (κ1) is 17.8. The van der Waals surface area contributed by atoms with E-state index < -0.39 is 10.1 Å². The van der Waals surface area contributed by atoms with Gasteiger partial charge in [0.2, 0.25) is 0 Å². The Bertz CT molecular complexity index is 351. The lowest BCUT2D eigenvalue weighted by Crippen LogP contribution is -2.67. The van der Waals surface area contributed by atoms with Gasteiger partial charge in [0.15, 0.2) is 0 Å². The number of nitrogens with zero attached hydrogens (tertiary/aromatic N) is 2. The fraction of sp³-hybridized carbons (Fsp3) is 1.00. The van der Waals surface area contributed by atoms with Crippen LogP contribution >= 0.6 is 0 Å². The highest BCUT2D eigenvalue weighted by molar-refractivity contribution is 7.85. The van der Waals surface area contributed by atoms with Gasteiger partial charge in [-0.1, -0.05) is 0 Å². The molecule has 20 heavy (non-hydrogen) atoms. The fourth-order valence-electron chi connectivity index (χ4n) is 2.76. The second-order valence-corrected chi connectivity index (χ2v) is 7.39. The Labute approximate surface area is 123 Å². The molecule has 3 aliphatic rings. The molecule has 0 spiro atoms. The van der Waals surface area contributed by atoms with Crippen molar-refractivity contribution in [3.8, 4) is 0 Å². The Morgan fingerprint density at radius 3 is 1.95 bits per heavy atom. The van der Waals surface area contributed by atoms with Crippen LogP contribution in [0.5, 0.6) is 0 Å². The Hall–Kier alpha value is -0.210. The van der Waals surface area contributed by atoms with Crippen LogP contribution in [-0.4, -0.2) is 90.7 Å². The first-order chi connectivity index (χ1) is 9.41. The predicted octanol–water partition coefficient (Wildman–Crippen LogP) is 0.151. The monoisotopic (exact) mass is 309 g/mol. The molecule has 3 heterocycles. The molecule has 0 aromatic carbocycles. The molecular weight excluding hydrogens is 280 g/mol. The van der Waals surface area contributed by atoms with Crippen molar-refractivity contribution in [2.75, 3.05) is 72.9 Å². The van der Waals surface area contributed by atoms with Crippen LogP contribution in [0.1, 0.15) is 12.8 Å². The number of methoxy groups -OCH3 is 1. The van der Waals surface area contributed by atoms with Crippen LogP contribution in [0.4, 0.5) is 0 Å². The van der Waals surface area contributed by atoms with E-state index in [1.807, 2.05) is 0 Å². The molecule has 0 N–H and O–H groups in total. The summed E-state index contributed by atoms with van der Waals surface area (Å²) < 4.78 is 30.0. The fourth-order valence-corrected chi connectivity index (χ4v) is 2.76. The van der Waals surface area contributed by atoms with Crippen molar-refractivity contribution < 1.29 is 21.8 Å². The van der Waals surface area contributed by atoms with Crippen LogP contribution in [0.3, 0.4) is 0 Å². The van der Waals surface area contributed by atoms with Crippen LogP contribution in [0.25, 0.3) is 0 Å². The van der Waals surface area contributed by atoms with Gasteiger partial charge in [-0.2, -0.15) is 8.42 Å². The molecule has 0 amide bonds. The van der Waals surface area contributed by atoms with Crippen molar-refractivity contribution in [2.45, 2.75) is 12.8 Å². The molecule has 0 unspecified atom stereocenters.